The van der Waals surface area contributed by atoms with E-state index in [1.165, 1.54) is 58.1 Å². The van der Waals surface area contributed by atoms with E-state index in [0.717, 1.165) is 39.0 Å². The van der Waals surface area contributed by atoms with Gasteiger partial charge < -0.3 is 14.8 Å². The molecular formula is C28H35N3O. The zero-order chi connectivity index (χ0) is 22.1. The van der Waals surface area contributed by atoms with Gasteiger partial charge in [-0.1, -0.05) is 30.3 Å². The van der Waals surface area contributed by atoms with Gasteiger partial charge in [0, 0.05) is 36.7 Å². The molecule has 1 aromatic heterocycles. The molecule has 0 aliphatic carbocycles. The largest absolute Gasteiger partial charge is 0.361 e. The third-order valence-electron chi connectivity index (χ3n) is 7.61. The lowest BCUT2D eigenvalue weighted by molar-refractivity contribution is -0.130. The molecule has 2 aliphatic heterocycles. The van der Waals surface area contributed by atoms with Crippen LogP contribution in [0.5, 0.6) is 0 Å². The van der Waals surface area contributed by atoms with Crippen molar-refractivity contribution in [3.63, 3.8) is 0 Å². The molecule has 3 heterocycles. The van der Waals surface area contributed by atoms with Crippen LogP contribution in [0.3, 0.4) is 0 Å². The molecule has 0 bridgehead atoms. The predicted molar refractivity (Wildman–Crippen MR) is 131 cm³/mol. The number of likely N-dealkylation sites (tertiary alicyclic amines) is 1. The van der Waals surface area contributed by atoms with Gasteiger partial charge >= 0.3 is 0 Å². The zero-order valence-electron chi connectivity index (χ0n) is 19.5. The first-order valence-corrected chi connectivity index (χ1v) is 12.2. The first-order chi connectivity index (χ1) is 15.6. The van der Waals surface area contributed by atoms with Crippen molar-refractivity contribution in [3.05, 3.63) is 70.4 Å². The van der Waals surface area contributed by atoms with E-state index < -0.39 is 0 Å². The van der Waals surface area contributed by atoms with Gasteiger partial charge in [-0.3, -0.25) is 4.79 Å². The lowest BCUT2D eigenvalue weighted by atomic mass is 9.97. The van der Waals surface area contributed by atoms with Crippen LogP contribution < -0.4 is 0 Å². The minimum Gasteiger partial charge on any atom is -0.361 e. The van der Waals surface area contributed by atoms with Crippen LogP contribution in [-0.4, -0.2) is 53.4 Å². The first-order valence-electron chi connectivity index (χ1n) is 12.2. The fourth-order valence-electron chi connectivity index (χ4n) is 5.59. The second-order valence-corrected chi connectivity index (χ2v) is 9.89. The van der Waals surface area contributed by atoms with Gasteiger partial charge in [0.25, 0.3) is 0 Å². The van der Waals surface area contributed by atoms with Crippen molar-refractivity contribution in [2.45, 2.75) is 46.0 Å². The molecule has 4 nitrogen and oxygen atoms in total. The molecule has 3 aromatic rings. The van der Waals surface area contributed by atoms with Crippen LogP contribution in [0.25, 0.3) is 10.9 Å². The molecule has 5 rings (SSSR count). The molecule has 0 spiro atoms. The summed E-state index contributed by atoms with van der Waals surface area (Å²) >= 11 is 0. The van der Waals surface area contributed by atoms with E-state index in [-0.39, 0.29) is 0 Å². The molecular weight excluding hydrogens is 394 g/mol. The van der Waals surface area contributed by atoms with Crippen LogP contribution in [0.1, 0.15) is 40.7 Å². The number of rotatable bonds is 6. The Morgan fingerprint density at radius 3 is 2.75 bits per heavy atom. The van der Waals surface area contributed by atoms with Gasteiger partial charge in [0.15, 0.2) is 0 Å². The van der Waals surface area contributed by atoms with E-state index in [1.807, 2.05) is 0 Å². The van der Waals surface area contributed by atoms with Crippen molar-refractivity contribution < 1.29 is 4.79 Å². The lowest BCUT2D eigenvalue weighted by Gasteiger charge is -2.24. The van der Waals surface area contributed by atoms with E-state index in [0.29, 0.717) is 18.2 Å². The third-order valence-corrected chi connectivity index (χ3v) is 7.61. The van der Waals surface area contributed by atoms with Crippen LogP contribution in [-0.2, 0) is 24.1 Å². The van der Waals surface area contributed by atoms with E-state index in [1.54, 1.807) is 0 Å². The van der Waals surface area contributed by atoms with Crippen molar-refractivity contribution in [1.82, 2.24) is 14.8 Å². The Hall–Kier alpha value is -2.59. The number of fused-ring (bicyclic) bond motifs is 2. The molecule has 1 unspecified atom stereocenters. The predicted octanol–water partition coefficient (Wildman–Crippen LogP) is 4.67. The summed E-state index contributed by atoms with van der Waals surface area (Å²) in [5.74, 6) is 0.918. The number of hydrogen-bond donors (Lipinski definition) is 1. The van der Waals surface area contributed by atoms with Crippen molar-refractivity contribution in [3.8, 4) is 0 Å². The number of carbonyl (C=O) groups excluding carboxylic acids is 1. The smallest absolute Gasteiger partial charge is 0.227 e. The van der Waals surface area contributed by atoms with Gasteiger partial charge in [0.2, 0.25) is 5.91 Å². The highest BCUT2D eigenvalue weighted by Gasteiger charge is 2.28. The van der Waals surface area contributed by atoms with E-state index in [9.17, 15) is 4.79 Å². The Kier molecular flexibility index (Phi) is 6.05. The minimum absolute atomic E-state index is 0.310. The van der Waals surface area contributed by atoms with Crippen molar-refractivity contribution in [2.24, 2.45) is 5.92 Å². The summed E-state index contributed by atoms with van der Waals surface area (Å²) in [6.07, 6.45) is 7.24. The summed E-state index contributed by atoms with van der Waals surface area (Å²) in [5, 5.41) is 1.36. The number of nitrogens with one attached hydrogen (secondary N) is 1. The number of benzene rings is 2. The summed E-state index contributed by atoms with van der Waals surface area (Å²) in [6, 6.07) is 13.1. The molecule has 168 valence electrons. The number of aromatic amines is 1. The van der Waals surface area contributed by atoms with E-state index in [2.05, 4.69) is 71.2 Å². The Bertz CT molecular complexity index is 1120. The van der Waals surface area contributed by atoms with E-state index >= 15 is 0 Å². The highest BCUT2D eigenvalue weighted by Crippen LogP contribution is 2.24. The normalized spacial score (nSPS) is 19.5. The summed E-state index contributed by atoms with van der Waals surface area (Å²) in [6.45, 7) is 9.55. The Morgan fingerprint density at radius 1 is 1.06 bits per heavy atom. The van der Waals surface area contributed by atoms with Gasteiger partial charge in [-0.05, 0) is 92.4 Å². The van der Waals surface area contributed by atoms with Gasteiger partial charge in [0.05, 0.1) is 6.42 Å². The molecule has 1 amide bonds. The SMILES string of the molecule is Cc1cc2c(cc1C)CC(=O)N(CC1CCN(CCCc3c[nH]c4ccccc34)C1)CC2. The number of H-pyrrole nitrogens is 1. The van der Waals surface area contributed by atoms with Crippen LogP contribution in [0, 0.1) is 19.8 Å². The Morgan fingerprint density at radius 2 is 1.88 bits per heavy atom. The fourth-order valence-corrected chi connectivity index (χ4v) is 5.59. The summed E-state index contributed by atoms with van der Waals surface area (Å²) in [4.78, 5) is 21.1. The van der Waals surface area contributed by atoms with Gasteiger partial charge in [-0.25, -0.2) is 0 Å². The van der Waals surface area contributed by atoms with Crippen molar-refractivity contribution in [2.75, 3.05) is 32.7 Å². The summed E-state index contributed by atoms with van der Waals surface area (Å²) in [7, 11) is 0. The van der Waals surface area contributed by atoms with Crippen LogP contribution in [0.15, 0.2) is 42.6 Å². The molecule has 0 saturated carbocycles. The highest BCUT2D eigenvalue weighted by atomic mass is 16.2. The molecule has 2 aromatic carbocycles. The Labute approximate surface area is 191 Å². The summed E-state index contributed by atoms with van der Waals surface area (Å²) < 4.78 is 0. The maximum atomic E-state index is 13.0. The number of aromatic nitrogens is 1. The number of para-hydroxylation sites is 1. The number of aryl methyl sites for hydroxylation is 3. The zero-order valence-corrected chi connectivity index (χ0v) is 19.5. The van der Waals surface area contributed by atoms with Crippen LogP contribution in [0.4, 0.5) is 0 Å². The second-order valence-electron chi connectivity index (χ2n) is 9.89. The molecule has 32 heavy (non-hydrogen) atoms. The number of carbonyl (C=O) groups is 1. The molecule has 2 aliphatic rings. The van der Waals surface area contributed by atoms with Crippen molar-refractivity contribution >= 4 is 16.8 Å². The van der Waals surface area contributed by atoms with Gasteiger partial charge in [0.1, 0.15) is 0 Å². The maximum absolute atomic E-state index is 13.0. The molecule has 0 radical (unpaired) electrons. The van der Waals surface area contributed by atoms with Gasteiger partial charge in [-0.2, -0.15) is 0 Å². The minimum atomic E-state index is 0.310. The number of nitrogens with zero attached hydrogens (tertiary/aromatic N) is 2. The third kappa shape index (κ3) is 4.47. The lowest BCUT2D eigenvalue weighted by Crippen LogP contribution is -2.37. The van der Waals surface area contributed by atoms with Crippen LogP contribution >= 0.6 is 0 Å². The van der Waals surface area contributed by atoms with E-state index in [4.69, 9.17) is 0 Å². The molecule has 1 N–H and O–H groups in total. The maximum Gasteiger partial charge on any atom is 0.227 e. The topological polar surface area (TPSA) is 39.3 Å². The standard InChI is InChI=1S/C28H35N3O/c1-20-14-23-10-13-31(28(32)16-25(23)15-21(20)2)19-22-9-12-30(18-22)11-5-6-24-17-29-27-8-4-3-7-26(24)27/h3-4,7-8,14-15,17,22,29H,5-6,9-13,16,18-19H2,1-2H3. The second kappa shape index (κ2) is 9.11. The monoisotopic (exact) mass is 429 g/mol. The molecule has 1 atom stereocenters. The first kappa shape index (κ1) is 21.3. The van der Waals surface area contributed by atoms with Crippen molar-refractivity contribution in [1.29, 1.82) is 0 Å². The average Bonchev–Trinajstić information content (AvgIpc) is 3.37. The quantitative estimate of drug-likeness (QED) is 0.619. The van der Waals surface area contributed by atoms with Gasteiger partial charge in [-0.15, -0.1) is 0 Å². The molecule has 1 fully saturated rings. The van der Waals surface area contributed by atoms with Crippen LogP contribution in [0.2, 0.25) is 0 Å². The fraction of sp³-hybridized carbons (Fsp3) is 0.464. The molecule has 4 heteroatoms. The Balaban J connectivity index is 1.11. The average molecular weight is 430 g/mol. The summed E-state index contributed by atoms with van der Waals surface area (Å²) in [5.41, 5.74) is 7.91. The number of hydrogen-bond acceptors (Lipinski definition) is 2. The highest BCUT2D eigenvalue weighted by molar-refractivity contribution is 5.83. The number of amides is 1. The molecule has 1 saturated heterocycles.